The molecule has 3 rings (SSSR count). The largest absolute Gasteiger partial charge is 0.409 e. The zero-order valence-corrected chi connectivity index (χ0v) is 8.41. The Bertz CT molecular complexity index is 571. The molecule has 2 unspecified atom stereocenters. The van der Waals surface area contributed by atoms with E-state index >= 15 is 0 Å². The first-order chi connectivity index (χ1) is 7.66. The van der Waals surface area contributed by atoms with Gasteiger partial charge in [-0.3, -0.25) is 19.6 Å². The summed E-state index contributed by atoms with van der Waals surface area (Å²) in [5.74, 6) is -0.630. The first-order valence-corrected chi connectivity index (χ1v) is 5.25. The third-order valence-corrected chi connectivity index (χ3v) is 3.34. The Morgan fingerprint density at radius 1 is 1.06 bits per heavy atom. The van der Waals surface area contributed by atoms with E-state index in [-0.39, 0.29) is 23.7 Å². The van der Waals surface area contributed by atoms with Gasteiger partial charge >= 0.3 is 11.7 Å². The van der Waals surface area contributed by atoms with Gasteiger partial charge in [0.15, 0.2) is 0 Å². The van der Waals surface area contributed by atoms with E-state index in [1.54, 1.807) is 0 Å². The number of hydrogen-bond acceptors (Lipinski definition) is 4. The van der Waals surface area contributed by atoms with Crippen molar-refractivity contribution in [3.63, 3.8) is 0 Å². The minimum atomic E-state index is -0.645. The number of ether oxygens (including phenoxy) is 1. The van der Waals surface area contributed by atoms with Gasteiger partial charge in [-0.15, -0.1) is 0 Å². The number of aromatic amines is 2. The van der Waals surface area contributed by atoms with Crippen molar-refractivity contribution in [2.45, 2.75) is 25.2 Å². The predicted octanol–water partition coefficient (Wildman–Crippen LogP) is -0.134. The number of rotatable bonds is 0. The van der Waals surface area contributed by atoms with Gasteiger partial charge in [0.1, 0.15) is 0 Å². The van der Waals surface area contributed by atoms with E-state index in [0.717, 1.165) is 19.3 Å². The summed E-state index contributed by atoms with van der Waals surface area (Å²) in [6.07, 6.45) is 2.45. The highest BCUT2D eigenvalue weighted by atomic mass is 16.5. The van der Waals surface area contributed by atoms with Gasteiger partial charge in [-0.25, -0.2) is 4.79 Å². The smallest absolute Gasteiger partial charge is 0.328 e. The molecule has 16 heavy (non-hydrogen) atoms. The van der Waals surface area contributed by atoms with E-state index in [0.29, 0.717) is 5.56 Å². The molecular formula is C10H10N2O4. The SMILES string of the molecule is O=C1Oc2[nH]c(=O)[nH]c(=O)c2C2CCCC12. The molecular weight excluding hydrogens is 212 g/mol. The van der Waals surface area contributed by atoms with Crippen molar-refractivity contribution in [1.29, 1.82) is 0 Å². The number of aromatic nitrogens is 2. The van der Waals surface area contributed by atoms with Crippen LogP contribution in [-0.2, 0) is 4.79 Å². The van der Waals surface area contributed by atoms with Crippen LogP contribution < -0.4 is 16.0 Å². The molecule has 2 atom stereocenters. The Morgan fingerprint density at radius 3 is 2.62 bits per heavy atom. The molecule has 6 heteroatoms. The van der Waals surface area contributed by atoms with Gasteiger partial charge in [0.05, 0.1) is 11.5 Å². The first kappa shape index (κ1) is 9.38. The van der Waals surface area contributed by atoms with Crippen molar-refractivity contribution in [1.82, 2.24) is 9.97 Å². The fourth-order valence-electron chi connectivity index (χ4n) is 2.66. The second-order valence-corrected chi connectivity index (χ2v) is 4.22. The molecule has 0 spiro atoms. The molecule has 0 amide bonds. The zero-order valence-electron chi connectivity index (χ0n) is 8.41. The van der Waals surface area contributed by atoms with E-state index in [2.05, 4.69) is 9.97 Å². The van der Waals surface area contributed by atoms with E-state index < -0.39 is 11.2 Å². The van der Waals surface area contributed by atoms with E-state index in [9.17, 15) is 14.4 Å². The molecule has 84 valence electrons. The van der Waals surface area contributed by atoms with Crippen LogP contribution in [0, 0.1) is 5.92 Å². The third kappa shape index (κ3) is 1.16. The molecule has 1 saturated carbocycles. The van der Waals surface area contributed by atoms with Gasteiger partial charge in [0.2, 0.25) is 5.88 Å². The highest BCUT2D eigenvalue weighted by Crippen LogP contribution is 2.44. The van der Waals surface area contributed by atoms with Crippen LogP contribution in [0.2, 0.25) is 0 Å². The van der Waals surface area contributed by atoms with Crippen LogP contribution in [0.15, 0.2) is 9.59 Å². The van der Waals surface area contributed by atoms with Crippen molar-refractivity contribution in [2.75, 3.05) is 0 Å². The topological polar surface area (TPSA) is 92.0 Å². The van der Waals surface area contributed by atoms with Gasteiger partial charge in [0.25, 0.3) is 5.56 Å². The van der Waals surface area contributed by atoms with Gasteiger partial charge in [0, 0.05) is 5.92 Å². The molecule has 1 aromatic rings. The van der Waals surface area contributed by atoms with Crippen LogP contribution in [0.1, 0.15) is 30.7 Å². The second kappa shape index (κ2) is 3.07. The summed E-state index contributed by atoms with van der Waals surface area (Å²) in [6.45, 7) is 0. The highest BCUT2D eigenvalue weighted by Gasteiger charge is 2.42. The maximum atomic E-state index is 11.7. The number of fused-ring (bicyclic) bond motifs is 3. The molecule has 1 aromatic heterocycles. The average molecular weight is 222 g/mol. The number of H-pyrrole nitrogens is 2. The summed E-state index contributed by atoms with van der Waals surface area (Å²) < 4.78 is 4.99. The van der Waals surface area contributed by atoms with Crippen molar-refractivity contribution in [2.24, 2.45) is 5.92 Å². The van der Waals surface area contributed by atoms with Crippen LogP contribution in [0.25, 0.3) is 0 Å². The van der Waals surface area contributed by atoms with E-state index in [1.165, 1.54) is 0 Å². The molecule has 0 aromatic carbocycles. The summed E-state index contributed by atoms with van der Waals surface area (Å²) in [5, 5.41) is 0. The Balaban J connectivity index is 2.25. The van der Waals surface area contributed by atoms with E-state index in [4.69, 9.17) is 4.74 Å². The lowest BCUT2D eigenvalue weighted by molar-refractivity contribution is -0.140. The summed E-state index contributed by atoms with van der Waals surface area (Å²) in [7, 11) is 0. The molecule has 2 N–H and O–H groups in total. The highest BCUT2D eigenvalue weighted by molar-refractivity contribution is 5.78. The lowest BCUT2D eigenvalue weighted by atomic mass is 9.88. The molecule has 1 aliphatic carbocycles. The first-order valence-electron chi connectivity index (χ1n) is 5.25. The second-order valence-electron chi connectivity index (χ2n) is 4.22. The number of carbonyl (C=O) groups excluding carboxylic acids is 1. The molecule has 2 aliphatic rings. The van der Waals surface area contributed by atoms with Crippen LogP contribution >= 0.6 is 0 Å². The van der Waals surface area contributed by atoms with Crippen LogP contribution in [-0.4, -0.2) is 15.9 Å². The summed E-state index contributed by atoms with van der Waals surface area (Å²) in [4.78, 5) is 38.9. The third-order valence-electron chi connectivity index (χ3n) is 3.34. The standard InChI is InChI=1S/C10H10N2O4/c13-7-6-4-2-1-3-5(4)9(14)16-8(6)12-10(15)11-7/h4-5H,1-3H2,(H2,11,12,13,15). The van der Waals surface area contributed by atoms with Gasteiger partial charge in [-0.05, 0) is 12.8 Å². The van der Waals surface area contributed by atoms with Gasteiger partial charge < -0.3 is 4.74 Å². The minimum absolute atomic E-state index is 0.0295. The Labute approximate surface area is 89.6 Å². The summed E-state index contributed by atoms with van der Waals surface area (Å²) in [6, 6.07) is 0. The molecule has 2 heterocycles. The lowest BCUT2D eigenvalue weighted by Crippen LogP contribution is -2.37. The molecule has 1 fully saturated rings. The molecule has 6 nitrogen and oxygen atoms in total. The molecule has 0 saturated heterocycles. The Hall–Kier alpha value is -1.85. The van der Waals surface area contributed by atoms with Crippen LogP contribution in [0.3, 0.4) is 0 Å². The number of carbonyl (C=O) groups is 1. The van der Waals surface area contributed by atoms with Crippen LogP contribution in [0.5, 0.6) is 5.88 Å². The van der Waals surface area contributed by atoms with Crippen LogP contribution in [0.4, 0.5) is 0 Å². The zero-order chi connectivity index (χ0) is 11.3. The minimum Gasteiger partial charge on any atom is -0.409 e. The normalized spacial score (nSPS) is 27.1. The summed E-state index contributed by atoms with van der Waals surface area (Å²) in [5.41, 5.74) is -0.669. The van der Waals surface area contributed by atoms with Crippen molar-refractivity contribution in [3.8, 4) is 5.88 Å². The molecule has 1 aliphatic heterocycles. The summed E-state index contributed by atoms with van der Waals surface area (Å²) >= 11 is 0. The maximum Gasteiger partial charge on any atom is 0.328 e. The number of nitrogens with one attached hydrogen (secondary N) is 2. The quantitative estimate of drug-likeness (QED) is 0.598. The Kier molecular flexibility index (Phi) is 1.80. The molecule has 0 radical (unpaired) electrons. The van der Waals surface area contributed by atoms with E-state index in [1.807, 2.05) is 0 Å². The average Bonchev–Trinajstić information content (AvgIpc) is 2.65. The fourth-order valence-corrected chi connectivity index (χ4v) is 2.66. The number of hydrogen-bond donors (Lipinski definition) is 2. The monoisotopic (exact) mass is 222 g/mol. The van der Waals surface area contributed by atoms with Crippen molar-refractivity contribution >= 4 is 5.97 Å². The molecule has 0 bridgehead atoms. The van der Waals surface area contributed by atoms with Crippen molar-refractivity contribution in [3.05, 3.63) is 26.4 Å². The lowest BCUT2D eigenvalue weighted by Gasteiger charge is -2.24. The number of esters is 1. The predicted molar refractivity (Wildman–Crippen MR) is 53.4 cm³/mol. The Morgan fingerprint density at radius 2 is 1.81 bits per heavy atom. The van der Waals surface area contributed by atoms with Gasteiger partial charge in [-0.2, -0.15) is 0 Å². The van der Waals surface area contributed by atoms with Gasteiger partial charge in [-0.1, -0.05) is 6.42 Å². The fraction of sp³-hybridized carbons (Fsp3) is 0.500. The van der Waals surface area contributed by atoms with Crippen molar-refractivity contribution < 1.29 is 9.53 Å². The maximum absolute atomic E-state index is 11.7.